The number of sulfonamides is 1. The van der Waals surface area contributed by atoms with Crippen molar-refractivity contribution < 1.29 is 26.7 Å². The molecule has 0 radical (unpaired) electrons. The molecule has 1 aromatic heterocycles. The summed E-state index contributed by atoms with van der Waals surface area (Å²) in [6.07, 6.45) is 0. The van der Waals surface area contributed by atoms with Gasteiger partial charge in [0, 0.05) is 6.07 Å². The van der Waals surface area contributed by atoms with E-state index in [1.807, 2.05) is 4.72 Å². The van der Waals surface area contributed by atoms with Gasteiger partial charge in [0.2, 0.25) is 0 Å². The molecule has 21 heavy (non-hydrogen) atoms. The Hall–Kier alpha value is -1.93. The second-order valence-corrected chi connectivity index (χ2v) is 6.10. The summed E-state index contributed by atoms with van der Waals surface area (Å²) in [6.45, 7) is 2.28. The summed E-state index contributed by atoms with van der Waals surface area (Å²) in [4.78, 5) is -0.285. The molecule has 0 bridgehead atoms. The standard InChI is InChI=1S/C13H13F2NO4S/c1-7-3-4-10(14)13(12(7)15)16-21(18,19)11-5-9(6-17)20-8(11)2/h3-5,16-17H,6H2,1-2H3. The minimum absolute atomic E-state index is 0.0139. The average molecular weight is 317 g/mol. The lowest BCUT2D eigenvalue weighted by atomic mass is 10.2. The van der Waals surface area contributed by atoms with Gasteiger partial charge in [0.25, 0.3) is 10.0 Å². The Labute approximate surface area is 120 Å². The summed E-state index contributed by atoms with van der Waals surface area (Å²) in [7, 11) is -4.23. The fourth-order valence-corrected chi connectivity index (χ4v) is 3.08. The highest BCUT2D eigenvalue weighted by Gasteiger charge is 2.24. The molecule has 2 N–H and O–H groups in total. The molecule has 0 spiro atoms. The molecule has 0 atom stereocenters. The number of halogens is 2. The molecule has 0 amide bonds. The lowest BCUT2D eigenvalue weighted by Crippen LogP contribution is -2.16. The number of furan rings is 1. The second-order valence-electron chi connectivity index (χ2n) is 4.45. The highest BCUT2D eigenvalue weighted by atomic mass is 32.2. The topological polar surface area (TPSA) is 79.5 Å². The largest absolute Gasteiger partial charge is 0.462 e. The average Bonchev–Trinajstić information content (AvgIpc) is 2.81. The Bertz CT molecular complexity index is 784. The zero-order valence-corrected chi connectivity index (χ0v) is 12.1. The third-order valence-electron chi connectivity index (χ3n) is 2.89. The van der Waals surface area contributed by atoms with Crippen molar-refractivity contribution in [2.45, 2.75) is 25.3 Å². The van der Waals surface area contributed by atoms with E-state index in [1.54, 1.807) is 0 Å². The van der Waals surface area contributed by atoms with E-state index in [9.17, 15) is 17.2 Å². The van der Waals surface area contributed by atoms with E-state index in [0.717, 1.165) is 12.1 Å². The Kier molecular flexibility index (Phi) is 4.02. The third-order valence-corrected chi connectivity index (χ3v) is 4.35. The van der Waals surface area contributed by atoms with Crippen LogP contribution in [0.25, 0.3) is 0 Å². The number of aliphatic hydroxyl groups is 1. The van der Waals surface area contributed by atoms with Gasteiger partial charge < -0.3 is 9.52 Å². The normalized spacial score (nSPS) is 11.7. The Balaban J connectivity index is 2.47. The highest BCUT2D eigenvalue weighted by Crippen LogP contribution is 2.27. The summed E-state index contributed by atoms with van der Waals surface area (Å²) in [5.74, 6) is -1.95. The number of hydrogen-bond donors (Lipinski definition) is 2. The molecule has 0 aliphatic carbocycles. The fourth-order valence-electron chi connectivity index (χ4n) is 1.81. The number of anilines is 1. The third kappa shape index (κ3) is 2.91. The highest BCUT2D eigenvalue weighted by molar-refractivity contribution is 7.92. The molecule has 114 valence electrons. The zero-order valence-electron chi connectivity index (χ0n) is 11.3. The SMILES string of the molecule is Cc1ccc(F)c(NS(=O)(=O)c2cc(CO)oc2C)c1F. The number of nitrogens with one attached hydrogen (secondary N) is 1. The van der Waals surface area contributed by atoms with E-state index in [-0.39, 0.29) is 22.0 Å². The maximum Gasteiger partial charge on any atom is 0.265 e. The second kappa shape index (κ2) is 5.45. The molecular weight excluding hydrogens is 304 g/mol. The van der Waals surface area contributed by atoms with Crippen molar-refractivity contribution in [3.05, 3.63) is 46.9 Å². The van der Waals surface area contributed by atoms with Gasteiger partial charge in [-0.05, 0) is 25.5 Å². The molecule has 2 aromatic rings. The maximum absolute atomic E-state index is 13.9. The smallest absolute Gasteiger partial charge is 0.265 e. The minimum Gasteiger partial charge on any atom is -0.462 e. The Morgan fingerprint density at radius 3 is 2.52 bits per heavy atom. The molecule has 8 heteroatoms. The monoisotopic (exact) mass is 317 g/mol. The van der Waals surface area contributed by atoms with Crippen LogP contribution in [0.5, 0.6) is 0 Å². The van der Waals surface area contributed by atoms with Gasteiger partial charge in [-0.15, -0.1) is 0 Å². The van der Waals surface area contributed by atoms with E-state index in [0.29, 0.717) is 0 Å². The van der Waals surface area contributed by atoms with Crippen molar-refractivity contribution in [2.24, 2.45) is 0 Å². The van der Waals surface area contributed by atoms with E-state index < -0.39 is 34.0 Å². The minimum atomic E-state index is -4.23. The van der Waals surface area contributed by atoms with Gasteiger partial charge in [-0.25, -0.2) is 17.2 Å². The molecule has 5 nitrogen and oxygen atoms in total. The predicted molar refractivity (Wildman–Crippen MR) is 71.3 cm³/mol. The van der Waals surface area contributed by atoms with Gasteiger partial charge in [0.15, 0.2) is 5.82 Å². The number of aryl methyl sites for hydroxylation is 2. The van der Waals surface area contributed by atoms with E-state index >= 15 is 0 Å². The van der Waals surface area contributed by atoms with Crippen molar-refractivity contribution in [3.8, 4) is 0 Å². The summed E-state index contributed by atoms with van der Waals surface area (Å²) in [6, 6.07) is 3.27. The van der Waals surface area contributed by atoms with Crippen LogP contribution < -0.4 is 4.72 Å². The van der Waals surface area contributed by atoms with Gasteiger partial charge in [-0.1, -0.05) is 6.07 Å². The molecule has 0 saturated heterocycles. The van der Waals surface area contributed by atoms with Crippen molar-refractivity contribution in [1.29, 1.82) is 0 Å². The van der Waals surface area contributed by atoms with Crippen molar-refractivity contribution in [3.63, 3.8) is 0 Å². The molecule has 0 unspecified atom stereocenters. The van der Waals surface area contributed by atoms with Crippen LogP contribution in [-0.4, -0.2) is 13.5 Å². The molecule has 1 aromatic carbocycles. The first-order valence-electron chi connectivity index (χ1n) is 5.94. The van der Waals surface area contributed by atoms with E-state index in [4.69, 9.17) is 9.52 Å². The summed E-state index contributed by atoms with van der Waals surface area (Å²) in [5, 5.41) is 8.93. The van der Waals surface area contributed by atoms with Crippen LogP contribution in [-0.2, 0) is 16.6 Å². The van der Waals surface area contributed by atoms with Crippen LogP contribution in [0, 0.1) is 25.5 Å². The molecule has 1 heterocycles. The van der Waals surface area contributed by atoms with Gasteiger partial charge >= 0.3 is 0 Å². The van der Waals surface area contributed by atoms with Crippen LogP contribution in [0.3, 0.4) is 0 Å². The lowest BCUT2D eigenvalue weighted by molar-refractivity contribution is 0.245. The van der Waals surface area contributed by atoms with Crippen LogP contribution in [0.2, 0.25) is 0 Å². The lowest BCUT2D eigenvalue weighted by Gasteiger charge is -2.10. The van der Waals surface area contributed by atoms with Crippen molar-refractivity contribution in [1.82, 2.24) is 0 Å². The summed E-state index contributed by atoms with van der Waals surface area (Å²) < 4.78 is 58.7. The Morgan fingerprint density at radius 1 is 1.29 bits per heavy atom. The first-order chi connectivity index (χ1) is 9.76. The number of rotatable bonds is 4. The first-order valence-corrected chi connectivity index (χ1v) is 7.42. The first kappa shape index (κ1) is 15.5. The van der Waals surface area contributed by atoms with Gasteiger partial charge in [-0.3, -0.25) is 4.72 Å². The molecule has 0 fully saturated rings. The van der Waals surface area contributed by atoms with Gasteiger partial charge in [0.1, 0.15) is 34.5 Å². The molecular formula is C13H13F2NO4S. The molecule has 0 saturated carbocycles. The van der Waals surface area contributed by atoms with E-state index in [1.165, 1.54) is 19.9 Å². The van der Waals surface area contributed by atoms with Crippen LogP contribution >= 0.6 is 0 Å². The van der Waals surface area contributed by atoms with Crippen LogP contribution in [0.1, 0.15) is 17.1 Å². The van der Waals surface area contributed by atoms with Gasteiger partial charge in [0.05, 0.1) is 0 Å². The summed E-state index contributed by atoms with van der Waals surface area (Å²) >= 11 is 0. The van der Waals surface area contributed by atoms with Crippen molar-refractivity contribution in [2.75, 3.05) is 4.72 Å². The number of hydrogen-bond acceptors (Lipinski definition) is 4. The maximum atomic E-state index is 13.9. The van der Waals surface area contributed by atoms with Crippen LogP contribution in [0.4, 0.5) is 14.5 Å². The predicted octanol–water partition coefficient (Wildman–Crippen LogP) is 2.47. The number of benzene rings is 1. The zero-order chi connectivity index (χ0) is 15.8. The Morgan fingerprint density at radius 2 is 1.95 bits per heavy atom. The number of aliphatic hydroxyl groups excluding tert-OH is 1. The summed E-state index contributed by atoms with van der Waals surface area (Å²) in [5.41, 5.74) is -0.643. The molecule has 2 rings (SSSR count). The molecule has 0 aliphatic heterocycles. The quantitative estimate of drug-likeness (QED) is 0.908. The molecule has 0 aliphatic rings. The van der Waals surface area contributed by atoms with Crippen molar-refractivity contribution >= 4 is 15.7 Å². The van der Waals surface area contributed by atoms with Gasteiger partial charge in [-0.2, -0.15) is 0 Å². The van der Waals surface area contributed by atoms with Crippen LogP contribution in [0.15, 0.2) is 27.5 Å². The van der Waals surface area contributed by atoms with E-state index in [2.05, 4.69) is 0 Å². The fraction of sp³-hybridized carbons (Fsp3) is 0.231.